The second-order valence-corrected chi connectivity index (χ2v) is 5.28. The summed E-state index contributed by atoms with van der Waals surface area (Å²) < 4.78 is 40.2. The molecule has 0 aliphatic heterocycles. The predicted octanol–water partition coefficient (Wildman–Crippen LogP) is 1.56. The number of hydrogen-bond acceptors (Lipinski definition) is 4. The fraction of sp³-hybridized carbons (Fsp3) is 0.429. The van der Waals surface area contributed by atoms with E-state index >= 15 is 0 Å². The number of aromatic nitrogens is 4. The summed E-state index contributed by atoms with van der Waals surface area (Å²) in [5.74, 6) is -1.28. The average molecular weight is 358 g/mol. The molecule has 0 unspecified atom stereocenters. The largest absolute Gasteiger partial charge is 0.435 e. The Balaban J connectivity index is 2.25. The SMILES string of the molecule is CCCNC(=O)c1c(NC(=O)c2cc(C(F)(F)F)nn2C)cnn1C. The van der Waals surface area contributed by atoms with Gasteiger partial charge < -0.3 is 10.6 Å². The summed E-state index contributed by atoms with van der Waals surface area (Å²) in [5.41, 5.74) is -1.28. The minimum absolute atomic E-state index is 0.0934. The number of nitrogens with zero attached hydrogens (tertiary/aromatic N) is 4. The van der Waals surface area contributed by atoms with Crippen molar-refractivity contribution in [3.63, 3.8) is 0 Å². The molecule has 25 heavy (non-hydrogen) atoms. The van der Waals surface area contributed by atoms with Crippen LogP contribution in [0.1, 0.15) is 40.0 Å². The number of nitrogens with one attached hydrogen (secondary N) is 2. The monoisotopic (exact) mass is 358 g/mol. The Bertz CT molecular complexity index is 793. The van der Waals surface area contributed by atoms with Crippen molar-refractivity contribution in [3.05, 3.63) is 29.3 Å². The Labute approximate surface area is 141 Å². The summed E-state index contributed by atoms with van der Waals surface area (Å²) in [6.07, 6.45) is -2.68. The number of amides is 2. The second kappa shape index (κ2) is 6.95. The third-order valence-electron chi connectivity index (χ3n) is 3.34. The lowest BCUT2D eigenvalue weighted by molar-refractivity contribution is -0.141. The molecule has 136 valence electrons. The van der Waals surface area contributed by atoms with Gasteiger partial charge in [0.1, 0.15) is 11.4 Å². The number of rotatable bonds is 5. The Morgan fingerprint density at radius 1 is 1.20 bits per heavy atom. The van der Waals surface area contributed by atoms with Crippen molar-refractivity contribution < 1.29 is 22.8 Å². The third kappa shape index (κ3) is 3.98. The molecule has 2 aromatic rings. The third-order valence-corrected chi connectivity index (χ3v) is 3.34. The van der Waals surface area contributed by atoms with Crippen molar-refractivity contribution in [2.75, 3.05) is 11.9 Å². The van der Waals surface area contributed by atoms with Crippen LogP contribution < -0.4 is 10.6 Å². The van der Waals surface area contributed by atoms with Crippen LogP contribution in [0.25, 0.3) is 0 Å². The summed E-state index contributed by atoms with van der Waals surface area (Å²) >= 11 is 0. The van der Waals surface area contributed by atoms with E-state index in [2.05, 4.69) is 20.8 Å². The highest BCUT2D eigenvalue weighted by Crippen LogP contribution is 2.28. The highest BCUT2D eigenvalue weighted by atomic mass is 19.4. The first kappa shape index (κ1) is 18.5. The fourth-order valence-electron chi connectivity index (χ4n) is 2.13. The molecule has 2 aromatic heterocycles. The van der Waals surface area contributed by atoms with Crippen LogP contribution >= 0.6 is 0 Å². The molecule has 0 aromatic carbocycles. The van der Waals surface area contributed by atoms with Gasteiger partial charge in [-0.3, -0.25) is 19.0 Å². The molecule has 0 radical (unpaired) electrons. The van der Waals surface area contributed by atoms with E-state index in [1.807, 2.05) is 6.92 Å². The van der Waals surface area contributed by atoms with Crippen LogP contribution in [0, 0.1) is 0 Å². The van der Waals surface area contributed by atoms with E-state index in [0.717, 1.165) is 11.1 Å². The number of carbonyl (C=O) groups excluding carboxylic acids is 2. The van der Waals surface area contributed by atoms with Crippen LogP contribution in [0.5, 0.6) is 0 Å². The summed E-state index contributed by atoms with van der Waals surface area (Å²) in [6.45, 7) is 2.32. The van der Waals surface area contributed by atoms with Gasteiger partial charge in [-0.25, -0.2) is 0 Å². The van der Waals surface area contributed by atoms with E-state index in [4.69, 9.17) is 0 Å². The first-order valence-electron chi connectivity index (χ1n) is 7.38. The molecule has 2 amide bonds. The number of anilines is 1. The van der Waals surface area contributed by atoms with Gasteiger partial charge in [-0.15, -0.1) is 0 Å². The Kier molecular flexibility index (Phi) is 5.14. The van der Waals surface area contributed by atoms with E-state index in [1.54, 1.807) is 0 Å². The Morgan fingerprint density at radius 3 is 2.44 bits per heavy atom. The highest BCUT2D eigenvalue weighted by Gasteiger charge is 2.35. The van der Waals surface area contributed by atoms with Crippen LogP contribution in [0.3, 0.4) is 0 Å². The van der Waals surface area contributed by atoms with Gasteiger partial charge in [0, 0.05) is 26.7 Å². The molecule has 11 heteroatoms. The van der Waals surface area contributed by atoms with E-state index in [1.165, 1.54) is 25.0 Å². The highest BCUT2D eigenvalue weighted by molar-refractivity contribution is 6.07. The molecule has 2 N–H and O–H groups in total. The maximum Gasteiger partial charge on any atom is 0.435 e. The Hall–Kier alpha value is -2.85. The van der Waals surface area contributed by atoms with Gasteiger partial charge in [-0.2, -0.15) is 23.4 Å². The number of aryl methyl sites for hydroxylation is 2. The van der Waals surface area contributed by atoms with Crippen molar-refractivity contribution in [2.45, 2.75) is 19.5 Å². The van der Waals surface area contributed by atoms with Crippen LogP contribution in [0.15, 0.2) is 12.3 Å². The van der Waals surface area contributed by atoms with Crippen molar-refractivity contribution in [3.8, 4) is 0 Å². The number of carbonyl (C=O) groups is 2. The van der Waals surface area contributed by atoms with Gasteiger partial charge in [-0.05, 0) is 6.42 Å². The molecule has 0 spiro atoms. The van der Waals surface area contributed by atoms with Gasteiger partial charge in [0.15, 0.2) is 5.69 Å². The molecular weight excluding hydrogens is 341 g/mol. The van der Waals surface area contributed by atoms with E-state index in [9.17, 15) is 22.8 Å². The Morgan fingerprint density at radius 2 is 1.88 bits per heavy atom. The zero-order valence-electron chi connectivity index (χ0n) is 13.8. The second-order valence-electron chi connectivity index (χ2n) is 5.28. The van der Waals surface area contributed by atoms with E-state index in [-0.39, 0.29) is 17.1 Å². The molecule has 0 saturated carbocycles. The van der Waals surface area contributed by atoms with Crippen LogP contribution in [0.4, 0.5) is 18.9 Å². The lowest BCUT2D eigenvalue weighted by Crippen LogP contribution is -2.28. The predicted molar refractivity (Wildman–Crippen MR) is 82.0 cm³/mol. The molecular formula is C14H17F3N6O2. The van der Waals surface area contributed by atoms with Gasteiger partial charge >= 0.3 is 6.18 Å². The maximum absolute atomic E-state index is 12.7. The average Bonchev–Trinajstić information content (AvgIpc) is 3.08. The smallest absolute Gasteiger partial charge is 0.351 e. The quantitative estimate of drug-likeness (QED) is 0.848. The minimum atomic E-state index is -4.66. The van der Waals surface area contributed by atoms with Crippen LogP contribution in [-0.4, -0.2) is 37.9 Å². The van der Waals surface area contributed by atoms with Crippen LogP contribution in [-0.2, 0) is 20.3 Å². The first-order valence-corrected chi connectivity index (χ1v) is 7.38. The first-order chi connectivity index (χ1) is 11.6. The summed E-state index contributed by atoms with van der Waals surface area (Å²) in [7, 11) is 2.74. The van der Waals surface area contributed by atoms with Gasteiger partial charge in [0.2, 0.25) is 0 Å². The number of halogens is 3. The zero-order chi connectivity index (χ0) is 18.8. The van der Waals surface area contributed by atoms with Gasteiger partial charge in [0.25, 0.3) is 11.8 Å². The molecule has 0 bridgehead atoms. The maximum atomic E-state index is 12.7. The van der Waals surface area contributed by atoms with Crippen molar-refractivity contribution in [1.82, 2.24) is 24.9 Å². The van der Waals surface area contributed by atoms with Gasteiger partial charge in [-0.1, -0.05) is 6.92 Å². The topological polar surface area (TPSA) is 93.8 Å². The molecule has 8 nitrogen and oxygen atoms in total. The summed E-state index contributed by atoms with van der Waals surface area (Å²) in [6, 6.07) is 0.641. The molecule has 2 heterocycles. The molecule has 0 fully saturated rings. The normalized spacial score (nSPS) is 11.4. The molecule has 0 aliphatic rings. The fourth-order valence-corrected chi connectivity index (χ4v) is 2.13. The lowest BCUT2D eigenvalue weighted by atomic mass is 10.3. The van der Waals surface area contributed by atoms with Gasteiger partial charge in [0.05, 0.1) is 11.9 Å². The lowest BCUT2D eigenvalue weighted by Gasteiger charge is -2.08. The molecule has 0 aliphatic carbocycles. The molecule has 0 atom stereocenters. The van der Waals surface area contributed by atoms with E-state index < -0.39 is 23.7 Å². The zero-order valence-corrected chi connectivity index (χ0v) is 13.8. The number of alkyl halides is 3. The van der Waals surface area contributed by atoms with Crippen molar-refractivity contribution >= 4 is 17.5 Å². The van der Waals surface area contributed by atoms with Crippen molar-refractivity contribution in [2.24, 2.45) is 14.1 Å². The van der Waals surface area contributed by atoms with Crippen LogP contribution in [0.2, 0.25) is 0 Å². The molecule has 2 rings (SSSR count). The number of hydrogen-bond donors (Lipinski definition) is 2. The van der Waals surface area contributed by atoms with Crippen molar-refractivity contribution in [1.29, 1.82) is 0 Å². The molecule has 0 saturated heterocycles. The standard InChI is InChI=1S/C14H17F3N6O2/c1-4-5-18-13(25)11-8(7-19-23(11)3)20-12(24)9-6-10(14(15,16)17)21-22(9)2/h6-7H,4-5H2,1-3H3,(H,18,25)(H,20,24). The summed E-state index contributed by atoms with van der Waals surface area (Å²) in [5, 5.41) is 12.2. The summed E-state index contributed by atoms with van der Waals surface area (Å²) in [4.78, 5) is 24.4. The minimum Gasteiger partial charge on any atom is -0.351 e. The van der Waals surface area contributed by atoms with E-state index in [0.29, 0.717) is 12.6 Å².